The Bertz CT molecular complexity index is 603. The number of amides is 1. The Kier molecular flexibility index (Phi) is 4.51. The number of nitrogens with zero attached hydrogens (tertiary/aromatic N) is 2. The van der Waals surface area contributed by atoms with E-state index in [2.05, 4.69) is 18.0 Å². The SMILES string of the molecule is CCN(CC)C(=O)c1cnccc1-c1ccccc1C. The smallest absolute Gasteiger partial charge is 0.256 e. The summed E-state index contributed by atoms with van der Waals surface area (Å²) in [5, 5.41) is 0. The first-order valence-corrected chi connectivity index (χ1v) is 6.98. The number of pyridine rings is 1. The lowest BCUT2D eigenvalue weighted by Gasteiger charge is -2.20. The molecule has 0 aliphatic heterocycles. The van der Waals surface area contributed by atoms with Crippen molar-refractivity contribution in [3.63, 3.8) is 0 Å². The van der Waals surface area contributed by atoms with Gasteiger partial charge in [-0.25, -0.2) is 0 Å². The van der Waals surface area contributed by atoms with Crippen molar-refractivity contribution in [3.8, 4) is 11.1 Å². The van der Waals surface area contributed by atoms with Crippen LogP contribution in [0.3, 0.4) is 0 Å². The van der Waals surface area contributed by atoms with Crippen LogP contribution in [-0.2, 0) is 0 Å². The highest BCUT2D eigenvalue weighted by Crippen LogP contribution is 2.26. The molecule has 0 N–H and O–H groups in total. The molecule has 20 heavy (non-hydrogen) atoms. The van der Waals surface area contributed by atoms with Crippen molar-refractivity contribution in [3.05, 3.63) is 53.9 Å². The fourth-order valence-corrected chi connectivity index (χ4v) is 2.36. The summed E-state index contributed by atoms with van der Waals surface area (Å²) in [6.07, 6.45) is 3.41. The zero-order chi connectivity index (χ0) is 14.5. The summed E-state index contributed by atoms with van der Waals surface area (Å²) in [5.41, 5.74) is 3.87. The Hall–Kier alpha value is -2.16. The van der Waals surface area contributed by atoms with Gasteiger partial charge in [-0.15, -0.1) is 0 Å². The third-order valence-corrected chi connectivity index (χ3v) is 3.54. The van der Waals surface area contributed by atoms with E-state index in [1.54, 1.807) is 12.4 Å². The highest BCUT2D eigenvalue weighted by molar-refractivity contribution is 6.00. The second-order valence-corrected chi connectivity index (χ2v) is 4.71. The highest BCUT2D eigenvalue weighted by atomic mass is 16.2. The summed E-state index contributed by atoms with van der Waals surface area (Å²) in [5.74, 6) is 0.0429. The minimum Gasteiger partial charge on any atom is -0.339 e. The Morgan fingerprint density at radius 2 is 1.80 bits per heavy atom. The fourth-order valence-electron chi connectivity index (χ4n) is 2.36. The molecule has 104 valence electrons. The predicted octanol–water partition coefficient (Wildman–Crippen LogP) is 3.54. The van der Waals surface area contributed by atoms with Gasteiger partial charge in [0.1, 0.15) is 0 Å². The Morgan fingerprint density at radius 1 is 1.10 bits per heavy atom. The first kappa shape index (κ1) is 14.3. The average Bonchev–Trinajstić information content (AvgIpc) is 2.49. The topological polar surface area (TPSA) is 33.2 Å². The van der Waals surface area contributed by atoms with Crippen LogP contribution in [0.5, 0.6) is 0 Å². The van der Waals surface area contributed by atoms with Crippen LogP contribution in [0.25, 0.3) is 11.1 Å². The number of aryl methyl sites for hydroxylation is 1. The van der Waals surface area contributed by atoms with Crippen LogP contribution in [0, 0.1) is 6.92 Å². The molecule has 3 nitrogen and oxygen atoms in total. The zero-order valence-electron chi connectivity index (χ0n) is 12.3. The van der Waals surface area contributed by atoms with Crippen LogP contribution in [-0.4, -0.2) is 28.9 Å². The van der Waals surface area contributed by atoms with E-state index in [1.165, 1.54) is 0 Å². The molecule has 0 atom stereocenters. The minimum atomic E-state index is 0.0429. The van der Waals surface area contributed by atoms with Crippen molar-refractivity contribution >= 4 is 5.91 Å². The van der Waals surface area contributed by atoms with E-state index in [-0.39, 0.29) is 5.91 Å². The van der Waals surface area contributed by atoms with E-state index in [4.69, 9.17) is 0 Å². The van der Waals surface area contributed by atoms with Gasteiger partial charge in [-0.1, -0.05) is 24.3 Å². The Labute approximate surface area is 120 Å². The summed E-state index contributed by atoms with van der Waals surface area (Å²) in [4.78, 5) is 18.5. The van der Waals surface area contributed by atoms with Crippen molar-refractivity contribution in [2.45, 2.75) is 20.8 Å². The van der Waals surface area contributed by atoms with Gasteiger partial charge in [0.25, 0.3) is 5.91 Å². The molecule has 0 spiro atoms. The number of rotatable bonds is 4. The molecular formula is C17H20N2O. The number of benzene rings is 1. The normalized spacial score (nSPS) is 10.3. The molecule has 1 heterocycles. The highest BCUT2D eigenvalue weighted by Gasteiger charge is 2.18. The van der Waals surface area contributed by atoms with E-state index in [9.17, 15) is 4.79 Å². The van der Waals surface area contributed by atoms with Gasteiger partial charge in [0.05, 0.1) is 5.56 Å². The molecular weight excluding hydrogens is 248 g/mol. The van der Waals surface area contributed by atoms with Gasteiger partial charge in [0, 0.05) is 25.5 Å². The van der Waals surface area contributed by atoms with Crippen LogP contribution in [0.1, 0.15) is 29.8 Å². The van der Waals surface area contributed by atoms with Gasteiger partial charge in [-0.3, -0.25) is 9.78 Å². The van der Waals surface area contributed by atoms with Crippen LogP contribution < -0.4 is 0 Å². The first-order valence-electron chi connectivity index (χ1n) is 6.98. The first-order chi connectivity index (χ1) is 9.69. The van der Waals surface area contributed by atoms with Gasteiger partial charge < -0.3 is 4.90 Å². The maximum Gasteiger partial charge on any atom is 0.256 e. The number of aromatic nitrogens is 1. The van der Waals surface area contributed by atoms with E-state index >= 15 is 0 Å². The quantitative estimate of drug-likeness (QED) is 0.849. The molecule has 0 unspecified atom stereocenters. The van der Waals surface area contributed by atoms with Crippen molar-refractivity contribution in [1.29, 1.82) is 0 Å². The molecule has 2 aromatic rings. The van der Waals surface area contributed by atoms with E-state index in [0.717, 1.165) is 16.7 Å². The maximum atomic E-state index is 12.6. The zero-order valence-corrected chi connectivity index (χ0v) is 12.3. The Balaban J connectivity index is 2.52. The second kappa shape index (κ2) is 6.33. The molecule has 1 amide bonds. The molecule has 0 fully saturated rings. The van der Waals surface area contributed by atoms with Gasteiger partial charge >= 0.3 is 0 Å². The third-order valence-electron chi connectivity index (χ3n) is 3.54. The summed E-state index contributed by atoms with van der Waals surface area (Å²) in [7, 11) is 0. The van der Waals surface area contributed by atoms with Crippen LogP contribution in [0.15, 0.2) is 42.7 Å². The molecule has 0 radical (unpaired) electrons. The summed E-state index contributed by atoms with van der Waals surface area (Å²) < 4.78 is 0. The molecule has 1 aromatic carbocycles. The number of carbonyl (C=O) groups is 1. The molecule has 0 bridgehead atoms. The summed E-state index contributed by atoms with van der Waals surface area (Å²) >= 11 is 0. The maximum absolute atomic E-state index is 12.6. The average molecular weight is 268 g/mol. The molecule has 0 saturated heterocycles. The van der Waals surface area contributed by atoms with Crippen LogP contribution in [0.2, 0.25) is 0 Å². The lowest BCUT2D eigenvalue weighted by atomic mass is 9.97. The van der Waals surface area contributed by atoms with Gasteiger partial charge in [-0.05, 0) is 43.5 Å². The van der Waals surface area contributed by atoms with Crippen LogP contribution in [0.4, 0.5) is 0 Å². The monoisotopic (exact) mass is 268 g/mol. The predicted molar refractivity (Wildman–Crippen MR) is 81.7 cm³/mol. The van der Waals surface area contributed by atoms with Crippen LogP contribution >= 0.6 is 0 Å². The van der Waals surface area contributed by atoms with Crippen molar-refractivity contribution in [1.82, 2.24) is 9.88 Å². The molecule has 0 aliphatic rings. The summed E-state index contributed by atoms with van der Waals surface area (Å²) in [6, 6.07) is 10.0. The van der Waals surface area contributed by atoms with E-state index in [1.807, 2.05) is 43.0 Å². The standard InChI is InChI=1S/C17H20N2O/c1-4-19(5-2)17(20)16-12-18-11-10-15(16)14-9-7-6-8-13(14)3/h6-12H,4-5H2,1-3H3. The van der Waals surface area contributed by atoms with Gasteiger partial charge in [-0.2, -0.15) is 0 Å². The molecule has 0 saturated carbocycles. The third kappa shape index (κ3) is 2.72. The molecule has 1 aromatic heterocycles. The lowest BCUT2D eigenvalue weighted by Crippen LogP contribution is -2.31. The van der Waals surface area contributed by atoms with Gasteiger partial charge in [0.2, 0.25) is 0 Å². The molecule has 3 heteroatoms. The fraction of sp³-hybridized carbons (Fsp3) is 0.294. The van der Waals surface area contributed by atoms with E-state index < -0.39 is 0 Å². The largest absolute Gasteiger partial charge is 0.339 e. The number of carbonyl (C=O) groups excluding carboxylic acids is 1. The lowest BCUT2D eigenvalue weighted by molar-refractivity contribution is 0.0773. The number of hydrogen-bond acceptors (Lipinski definition) is 2. The second-order valence-electron chi connectivity index (χ2n) is 4.71. The molecule has 0 aliphatic carbocycles. The van der Waals surface area contributed by atoms with Crippen molar-refractivity contribution in [2.24, 2.45) is 0 Å². The Morgan fingerprint density at radius 3 is 2.45 bits per heavy atom. The summed E-state index contributed by atoms with van der Waals surface area (Å²) in [6.45, 7) is 7.45. The minimum absolute atomic E-state index is 0.0429. The van der Waals surface area contributed by atoms with E-state index in [0.29, 0.717) is 18.7 Å². The van der Waals surface area contributed by atoms with Crippen molar-refractivity contribution < 1.29 is 4.79 Å². The molecule has 2 rings (SSSR count). The number of hydrogen-bond donors (Lipinski definition) is 0. The van der Waals surface area contributed by atoms with Crippen molar-refractivity contribution in [2.75, 3.05) is 13.1 Å². The van der Waals surface area contributed by atoms with Gasteiger partial charge in [0.15, 0.2) is 0 Å².